The molecule has 0 spiro atoms. The van der Waals surface area contributed by atoms with Crippen LogP contribution in [0.15, 0.2) is 72.8 Å². The van der Waals surface area contributed by atoms with Crippen LogP contribution >= 0.6 is 0 Å². The predicted octanol–water partition coefficient (Wildman–Crippen LogP) is 3.04. The third-order valence-corrected chi connectivity index (χ3v) is 5.13. The summed E-state index contributed by atoms with van der Waals surface area (Å²) in [7, 11) is 1.56. The van der Waals surface area contributed by atoms with Gasteiger partial charge in [0.2, 0.25) is 0 Å². The molecule has 0 aliphatic heterocycles. The third-order valence-electron chi connectivity index (χ3n) is 5.13. The van der Waals surface area contributed by atoms with Crippen molar-refractivity contribution in [3.8, 4) is 0 Å². The fourth-order valence-corrected chi connectivity index (χ4v) is 3.44. The first-order valence-corrected chi connectivity index (χ1v) is 10.3. The first-order valence-electron chi connectivity index (χ1n) is 10.3. The highest BCUT2D eigenvalue weighted by atomic mass is 19.1. The van der Waals surface area contributed by atoms with Crippen molar-refractivity contribution in [1.82, 2.24) is 5.32 Å². The Balaban J connectivity index is 1.74. The molecular weight excluding hydrogens is 393 g/mol. The van der Waals surface area contributed by atoms with Gasteiger partial charge in [-0.15, -0.1) is 0 Å². The van der Waals surface area contributed by atoms with Gasteiger partial charge >= 0.3 is 0 Å². The standard InChI is InChI=1S/C25H26FN3O2/c1-3-17-10-12-18(13-11-17)24(19-6-4-8-21(26)14-19)28-16-23(30)29-22-9-5-7-20(15-22)25(31)27-2/h4-15,24,28H,3,16H2,1-2H3,(H,27,31)(H,29,30)/p+1/t24-/m0/s1. The molecule has 160 valence electrons. The molecule has 3 aromatic carbocycles. The molecule has 0 aromatic heterocycles. The molecule has 3 aromatic rings. The zero-order valence-corrected chi connectivity index (χ0v) is 17.7. The van der Waals surface area contributed by atoms with E-state index in [1.807, 2.05) is 23.5 Å². The lowest BCUT2D eigenvalue weighted by Crippen LogP contribution is -2.87. The first kappa shape index (κ1) is 22.2. The molecule has 4 N–H and O–H groups in total. The summed E-state index contributed by atoms with van der Waals surface area (Å²) in [5, 5.41) is 7.27. The van der Waals surface area contributed by atoms with E-state index in [1.165, 1.54) is 17.7 Å². The van der Waals surface area contributed by atoms with Crippen molar-refractivity contribution >= 4 is 17.5 Å². The topological polar surface area (TPSA) is 74.8 Å². The maximum absolute atomic E-state index is 13.9. The molecule has 2 amide bonds. The Kier molecular flexibility index (Phi) is 7.51. The Morgan fingerprint density at radius 3 is 2.39 bits per heavy atom. The van der Waals surface area contributed by atoms with Gasteiger partial charge in [0.1, 0.15) is 11.9 Å². The van der Waals surface area contributed by atoms with E-state index in [1.54, 1.807) is 37.4 Å². The molecule has 0 radical (unpaired) electrons. The molecule has 1 atom stereocenters. The lowest BCUT2D eigenvalue weighted by Gasteiger charge is -2.17. The molecule has 31 heavy (non-hydrogen) atoms. The summed E-state index contributed by atoms with van der Waals surface area (Å²) in [6.45, 7) is 2.23. The molecule has 0 aliphatic rings. The van der Waals surface area contributed by atoms with Crippen molar-refractivity contribution in [2.45, 2.75) is 19.4 Å². The minimum Gasteiger partial charge on any atom is -0.355 e. The molecule has 0 saturated heterocycles. The molecule has 0 bridgehead atoms. The molecule has 0 aliphatic carbocycles. The zero-order valence-electron chi connectivity index (χ0n) is 17.7. The second kappa shape index (κ2) is 10.5. The van der Waals surface area contributed by atoms with Gasteiger partial charge < -0.3 is 16.0 Å². The molecular formula is C25H27FN3O2+. The molecule has 6 heteroatoms. The SMILES string of the molecule is CCc1ccc([C@H]([NH2+]CC(=O)Nc2cccc(C(=O)NC)c2)c2cccc(F)c2)cc1. The van der Waals surface area contributed by atoms with Crippen LogP contribution in [0.2, 0.25) is 0 Å². The predicted molar refractivity (Wildman–Crippen MR) is 119 cm³/mol. The maximum atomic E-state index is 13.9. The molecule has 3 rings (SSSR count). The van der Waals surface area contributed by atoms with Crippen LogP contribution in [-0.2, 0) is 11.2 Å². The van der Waals surface area contributed by atoms with E-state index in [2.05, 4.69) is 29.7 Å². The van der Waals surface area contributed by atoms with Crippen molar-refractivity contribution in [3.05, 3.63) is 101 Å². The average molecular weight is 421 g/mol. The fraction of sp³-hybridized carbons (Fsp3) is 0.200. The van der Waals surface area contributed by atoms with Gasteiger partial charge in [-0.3, -0.25) is 9.59 Å². The number of anilines is 1. The van der Waals surface area contributed by atoms with Crippen molar-refractivity contribution in [2.75, 3.05) is 18.9 Å². The second-order valence-electron chi connectivity index (χ2n) is 7.28. The van der Waals surface area contributed by atoms with E-state index in [-0.39, 0.29) is 30.2 Å². The third kappa shape index (κ3) is 5.99. The summed E-state index contributed by atoms with van der Waals surface area (Å²) in [4.78, 5) is 24.4. The largest absolute Gasteiger partial charge is 0.355 e. The van der Waals surface area contributed by atoms with Crippen LogP contribution in [0.1, 0.15) is 40.0 Å². The van der Waals surface area contributed by atoms with Crippen LogP contribution < -0.4 is 16.0 Å². The van der Waals surface area contributed by atoms with Gasteiger partial charge in [0, 0.05) is 29.4 Å². The lowest BCUT2D eigenvalue weighted by atomic mass is 9.97. The Hall–Kier alpha value is -3.51. The number of carbonyl (C=O) groups excluding carboxylic acids is 2. The number of carbonyl (C=O) groups is 2. The number of halogens is 1. The number of quaternary nitrogens is 1. The lowest BCUT2D eigenvalue weighted by molar-refractivity contribution is -0.676. The summed E-state index contributed by atoms with van der Waals surface area (Å²) in [6, 6.07) is 21.2. The van der Waals surface area contributed by atoms with Gasteiger partial charge in [0.25, 0.3) is 11.8 Å². The maximum Gasteiger partial charge on any atom is 0.279 e. The Morgan fingerprint density at radius 1 is 0.968 bits per heavy atom. The Bertz CT molecular complexity index is 1050. The van der Waals surface area contributed by atoms with Gasteiger partial charge in [0.15, 0.2) is 6.54 Å². The van der Waals surface area contributed by atoms with Gasteiger partial charge in [-0.1, -0.05) is 49.4 Å². The summed E-state index contributed by atoms with van der Waals surface area (Å²) >= 11 is 0. The summed E-state index contributed by atoms with van der Waals surface area (Å²) < 4.78 is 13.9. The van der Waals surface area contributed by atoms with Crippen molar-refractivity contribution < 1.29 is 19.3 Å². The number of aryl methyl sites for hydroxylation is 1. The first-order chi connectivity index (χ1) is 15.0. The minimum absolute atomic E-state index is 0.140. The number of benzene rings is 3. The number of hydrogen-bond donors (Lipinski definition) is 3. The number of nitrogens with one attached hydrogen (secondary N) is 2. The van der Waals surface area contributed by atoms with Gasteiger partial charge in [-0.2, -0.15) is 0 Å². The van der Waals surface area contributed by atoms with Gasteiger partial charge in [0.05, 0.1) is 0 Å². The molecule has 0 fully saturated rings. The number of nitrogens with two attached hydrogens (primary N) is 1. The Morgan fingerprint density at radius 2 is 1.71 bits per heavy atom. The van der Waals surface area contributed by atoms with E-state index >= 15 is 0 Å². The van der Waals surface area contributed by atoms with Crippen molar-refractivity contribution in [3.63, 3.8) is 0 Å². The van der Waals surface area contributed by atoms with Crippen LogP contribution in [-0.4, -0.2) is 25.4 Å². The van der Waals surface area contributed by atoms with E-state index in [0.29, 0.717) is 11.3 Å². The highest BCUT2D eigenvalue weighted by Crippen LogP contribution is 2.20. The summed E-state index contributed by atoms with van der Waals surface area (Å²) in [5.74, 6) is -0.735. The van der Waals surface area contributed by atoms with E-state index < -0.39 is 0 Å². The van der Waals surface area contributed by atoms with Gasteiger partial charge in [-0.05, 0) is 42.3 Å². The van der Waals surface area contributed by atoms with E-state index in [4.69, 9.17) is 0 Å². The Labute approximate surface area is 181 Å². The number of hydrogen-bond acceptors (Lipinski definition) is 2. The van der Waals surface area contributed by atoms with Crippen LogP contribution in [0.4, 0.5) is 10.1 Å². The summed E-state index contributed by atoms with van der Waals surface area (Å²) in [5.41, 5.74) is 4.03. The van der Waals surface area contributed by atoms with Crippen LogP contribution in [0.3, 0.4) is 0 Å². The highest BCUT2D eigenvalue weighted by Gasteiger charge is 2.20. The summed E-state index contributed by atoms with van der Waals surface area (Å²) in [6.07, 6.45) is 0.937. The van der Waals surface area contributed by atoms with E-state index in [9.17, 15) is 14.0 Å². The molecule has 0 heterocycles. The number of rotatable bonds is 8. The monoisotopic (exact) mass is 420 g/mol. The smallest absolute Gasteiger partial charge is 0.279 e. The van der Waals surface area contributed by atoms with Crippen LogP contribution in [0.25, 0.3) is 0 Å². The molecule has 0 saturated carbocycles. The molecule has 5 nitrogen and oxygen atoms in total. The van der Waals surface area contributed by atoms with Gasteiger partial charge in [-0.25, -0.2) is 4.39 Å². The van der Waals surface area contributed by atoms with Crippen molar-refractivity contribution in [1.29, 1.82) is 0 Å². The van der Waals surface area contributed by atoms with Crippen molar-refractivity contribution in [2.24, 2.45) is 0 Å². The highest BCUT2D eigenvalue weighted by molar-refractivity contribution is 5.97. The normalized spacial score (nSPS) is 11.6. The zero-order chi connectivity index (χ0) is 22.2. The second-order valence-corrected chi connectivity index (χ2v) is 7.28. The quantitative estimate of drug-likeness (QED) is 0.524. The minimum atomic E-state index is -0.309. The molecule has 0 unspecified atom stereocenters. The van der Waals surface area contributed by atoms with E-state index in [0.717, 1.165) is 17.5 Å². The van der Waals surface area contributed by atoms with Crippen LogP contribution in [0.5, 0.6) is 0 Å². The fourth-order valence-electron chi connectivity index (χ4n) is 3.44. The average Bonchev–Trinajstić information content (AvgIpc) is 2.79. The number of amides is 2. The van der Waals surface area contributed by atoms with Crippen LogP contribution in [0, 0.1) is 5.82 Å².